The van der Waals surface area contributed by atoms with E-state index in [1.165, 1.54) is 12.1 Å². The van der Waals surface area contributed by atoms with Crippen molar-refractivity contribution in [3.8, 4) is 33.6 Å². The lowest BCUT2D eigenvalue weighted by Crippen LogP contribution is -2.32. The average molecular weight is 665 g/mol. The van der Waals surface area contributed by atoms with Crippen LogP contribution in [0.2, 0.25) is 0 Å². The van der Waals surface area contributed by atoms with Gasteiger partial charge in [0.25, 0.3) is 5.91 Å². The van der Waals surface area contributed by atoms with Gasteiger partial charge in [0.2, 0.25) is 5.91 Å². The first-order valence-electron chi connectivity index (χ1n) is 17.2. The quantitative estimate of drug-likeness (QED) is 0.172. The van der Waals surface area contributed by atoms with E-state index in [9.17, 15) is 14.0 Å². The molecular formula is C41H37FN6O2. The molecule has 4 aromatic carbocycles. The van der Waals surface area contributed by atoms with Gasteiger partial charge in [-0.3, -0.25) is 9.59 Å². The van der Waals surface area contributed by atoms with Crippen LogP contribution in [0.4, 0.5) is 4.39 Å². The van der Waals surface area contributed by atoms with Crippen LogP contribution < -0.4 is 0 Å². The molecule has 8 nitrogen and oxygen atoms in total. The third-order valence-electron chi connectivity index (χ3n) is 9.94. The van der Waals surface area contributed by atoms with Crippen molar-refractivity contribution in [1.82, 2.24) is 29.7 Å². The second-order valence-electron chi connectivity index (χ2n) is 13.1. The molecule has 0 radical (unpaired) electrons. The van der Waals surface area contributed by atoms with Gasteiger partial charge in [-0.1, -0.05) is 91.0 Å². The van der Waals surface area contributed by atoms with Gasteiger partial charge >= 0.3 is 0 Å². The van der Waals surface area contributed by atoms with E-state index in [-0.39, 0.29) is 29.5 Å². The van der Waals surface area contributed by atoms with E-state index in [0.29, 0.717) is 18.8 Å². The smallest absolute Gasteiger partial charge is 0.257 e. The summed E-state index contributed by atoms with van der Waals surface area (Å²) in [5.74, 6) is 0.862. The number of hydrogen-bond donors (Lipinski definition) is 2. The molecule has 2 aliphatic rings. The van der Waals surface area contributed by atoms with E-state index in [0.717, 1.165) is 77.3 Å². The Morgan fingerprint density at radius 3 is 1.72 bits per heavy atom. The molecule has 2 fully saturated rings. The number of amides is 2. The first-order chi connectivity index (χ1) is 24.5. The van der Waals surface area contributed by atoms with Gasteiger partial charge in [0.1, 0.15) is 17.5 Å². The molecule has 0 aliphatic carbocycles. The zero-order chi connectivity index (χ0) is 34.0. The number of carbonyl (C=O) groups excluding carboxylic acids is 2. The average Bonchev–Trinajstić information content (AvgIpc) is 3.99. The Morgan fingerprint density at radius 2 is 1.14 bits per heavy atom. The number of rotatable bonds is 8. The predicted molar refractivity (Wildman–Crippen MR) is 190 cm³/mol. The fraction of sp³-hybridized carbons (Fsp3) is 0.220. The van der Waals surface area contributed by atoms with E-state index in [1.54, 1.807) is 23.2 Å². The number of nitrogens with zero attached hydrogens (tertiary/aromatic N) is 4. The number of likely N-dealkylation sites (tertiary alicyclic amines) is 2. The minimum atomic E-state index is -0.506. The molecule has 0 spiro atoms. The van der Waals surface area contributed by atoms with E-state index >= 15 is 0 Å². The van der Waals surface area contributed by atoms with Gasteiger partial charge in [-0.15, -0.1) is 0 Å². The first kappa shape index (κ1) is 31.4. The van der Waals surface area contributed by atoms with Crippen molar-refractivity contribution in [2.45, 2.75) is 44.2 Å². The molecule has 0 unspecified atom stereocenters. The number of hydrogen-bond acceptors (Lipinski definition) is 4. The second kappa shape index (κ2) is 13.6. The summed E-state index contributed by atoms with van der Waals surface area (Å²) in [4.78, 5) is 46.2. The third kappa shape index (κ3) is 6.22. The van der Waals surface area contributed by atoms with E-state index < -0.39 is 5.82 Å². The van der Waals surface area contributed by atoms with Gasteiger partial charge in [-0.2, -0.15) is 0 Å². The molecule has 2 atom stereocenters. The molecule has 9 heteroatoms. The van der Waals surface area contributed by atoms with Crippen molar-refractivity contribution in [3.05, 3.63) is 144 Å². The highest BCUT2D eigenvalue weighted by molar-refractivity contribution is 5.95. The first-order valence-corrected chi connectivity index (χ1v) is 17.2. The molecule has 0 bridgehead atoms. The van der Waals surface area contributed by atoms with Gasteiger partial charge in [-0.25, -0.2) is 14.4 Å². The minimum absolute atomic E-state index is 0.0397. The lowest BCUT2D eigenvalue weighted by atomic mass is 10.0. The molecule has 2 amide bonds. The highest BCUT2D eigenvalue weighted by atomic mass is 19.1. The van der Waals surface area contributed by atoms with E-state index in [4.69, 9.17) is 4.98 Å². The van der Waals surface area contributed by atoms with Gasteiger partial charge in [-0.05, 0) is 65.6 Å². The van der Waals surface area contributed by atoms with Gasteiger partial charge in [0, 0.05) is 13.1 Å². The Balaban J connectivity index is 0.925. The van der Waals surface area contributed by atoms with Crippen LogP contribution in [0.3, 0.4) is 0 Å². The summed E-state index contributed by atoms with van der Waals surface area (Å²) in [5.41, 5.74) is 7.10. The van der Waals surface area contributed by atoms with Crippen LogP contribution in [0.15, 0.2) is 116 Å². The molecule has 2 saturated heterocycles. The summed E-state index contributed by atoms with van der Waals surface area (Å²) in [7, 11) is 0. The SMILES string of the molecule is O=C(Cc1ccccc1)N1CCC[C@H]1c1ncc(-c2ccc(-c3ccc(-c4cnc([C@@H]5CCCN5C(=O)c5ccccc5F)[nH]4)cc3)cc2)[nH]1. The van der Waals surface area contributed by atoms with Crippen LogP contribution in [0.25, 0.3) is 33.6 Å². The zero-order valence-corrected chi connectivity index (χ0v) is 27.6. The molecule has 4 heterocycles. The molecule has 8 rings (SSSR count). The molecule has 2 N–H and O–H groups in total. The monoisotopic (exact) mass is 664 g/mol. The molecule has 50 heavy (non-hydrogen) atoms. The predicted octanol–water partition coefficient (Wildman–Crippen LogP) is 8.16. The Morgan fingerprint density at radius 1 is 0.640 bits per heavy atom. The Hall–Kier alpha value is -5.83. The number of imidazole rings is 2. The van der Waals surface area contributed by atoms with Crippen LogP contribution in [0.1, 0.15) is 65.3 Å². The van der Waals surface area contributed by atoms with Crippen molar-refractivity contribution in [3.63, 3.8) is 0 Å². The maximum absolute atomic E-state index is 14.4. The van der Waals surface area contributed by atoms with E-state index in [1.807, 2.05) is 41.4 Å². The van der Waals surface area contributed by atoms with Gasteiger partial charge < -0.3 is 19.8 Å². The van der Waals surface area contributed by atoms with Crippen molar-refractivity contribution in [2.24, 2.45) is 0 Å². The van der Waals surface area contributed by atoms with Crippen LogP contribution in [0, 0.1) is 5.82 Å². The van der Waals surface area contributed by atoms with Crippen LogP contribution >= 0.6 is 0 Å². The zero-order valence-electron chi connectivity index (χ0n) is 27.6. The summed E-state index contributed by atoms with van der Waals surface area (Å²) in [5, 5.41) is 0. The van der Waals surface area contributed by atoms with Crippen molar-refractivity contribution in [2.75, 3.05) is 13.1 Å². The fourth-order valence-electron chi connectivity index (χ4n) is 7.29. The van der Waals surface area contributed by atoms with Crippen molar-refractivity contribution in [1.29, 1.82) is 0 Å². The minimum Gasteiger partial charge on any atom is -0.340 e. The lowest BCUT2D eigenvalue weighted by Gasteiger charge is -2.23. The van der Waals surface area contributed by atoms with Crippen LogP contribution in [0.5, 0.6) is 0 Å². The van der Waals surface area contributed by atoms with Crippen molar-refractivity contribution >= 4 is 11.8 Å². The number of benzene rings is 4. The van der Waals surface area contributed by atoms with Crippen LogP contribution in [-0.2, 0) is 11.2 Å². The summed E-state index contributed by atoms with van der Waals surface area (Å²) >= 11 is 0. The summed E-state index contributed by atoms with van der Waals surface area (Å²) in [6, 6.07) is 32.4. The lowest BCUT2D eigenvalue weighted by molar-refractivity contribution is -0.131. The summed E-state index contributed by atoms with van der Waals surface area (Å²) in [6.45, 7) is 1.32. The number of aromatic nitrogens is 4. The Bertz CT molecular complexity index is 2120. The number of aromatic amines is 2. The molecule has 2 aliphatic heterocycles. The largest absolute Gasteiger partial charge is 0.340 e. The highest BCUT2D eigenvalue weighted by Crippen LogP contribution is 2.35. The molecule has 6 aromatic rings. The fourth-order valence-corrected chi connectivity index (χ4v) is 7.29. The topological polar surface area (TPSA) is 98.0 Å². The van der Waals surface area contributed by atoms with E-state index in [2.05, 4.69) is 63.5 Å². The molecule has 250 valence electrons. The number of nitrogens with one attached hydrogen (secondary N) is 2. The maximum atomic E-state index is 14.4. The maximum Gasteiger partial charge on any atom is 0.257 e. The Labute approximate surface area is 290 Å². The number of H-pyrrole nitrogens is 2. The number of carbonyl (C=O) groups is 2. The molecular weight excluding hydrogens is 627 g/mol. The standard InChI is InChI=1S/C41H37FN6O2/c42-33-11-5-4-10-32(33)41(50)48-23-7-13-37(48)40-44-26-35(46-40)31-20-16-29(17-21-31)28-14-18-30(19-15-28)34-25-43-39(45-34)36-12-6-22-47(36)38(49)24-27-8-2-1-3-9-27/h1-5,8-11,14-21,25-26,36-37H,6-7,12-13,22-24H2,(H,43,45)(H,44,46)/t36-,37-/m0/s1. The van der Waals surface area contributed by atoms with Gasteiger partial charge in [0.05, 0.1) is 47.8 Å². The Kier molecular flexibility index (Phi) is 8.54. The van der Waals surface area contributed by atoms with Crippen molar-refractivity contribution < 1.29 is 14.0 Å². The summed E-state index contributed by atoms with van der Waals surface area (Å²) < 4.78 is 14.4. The summed E-state index contributed by atoms with van der Waals surface area (Å²) in [6.07, 6.45) is 7.53. The molecule has 0 saturated carbocycles. The number of halogens is 1. The van der Waals surface area contributed by atoms with Gasteiger partial charge in [0.15, 0.2) is 0 Å². The van der Waals surface area contributed by atoms with Crippen LogP contribution in [-0.4, -0.2) is 54.6 Å². The molecule has 2 aromatic heterocycles. The second-order valence-corrected chi connectivity index (χ2v) is 13.1. The normalized spacial score (nSPS) is 17.4. The third-order valence-corrected chi connectivity index (χ3v) is 9.94. The highest BCUT2D eigenvalue weighted by Gasteiger charge is 2.34.